The summed E-state index contributed by atoms with van der Waals surface area (Å²) in [6, 6.07) is 0. The molecule has 0 aromatic rings. The number of esters is 1. The van der Waals surface area contributed by atoms with Gasteiger partial charge in [0.05, 0.1) is 25.2 Å². The molecule has 1 fully saturated rings. The van der Waals surface area contributed by atoms with Crippen LogP contribution < -0.4 is 0 Å². The first-order chi connectivity index (χ1) is 6.06. The Morgan fingerprint density at radius 1 is 1.31 bits per heavy atom. The van der Waals surface area contributed by atoms with Gasteiger partial charge in [0.1, 0.15) is 0 Å². The number of methoxy groups -OCH3 is 1. The quantitative estimate of drug-likeness (QED) is 0.565. The third-order valence-corrected chi connectivity index (χ3v) is 2.80. The Balaban J connectivity index is 2.58. The van der Waals surface area contributed by atoms with E-state index in [2.05, 4.69) is 4.74 Å². The van der Waals surface area contributed by atoms with Crippen LogP contribution in [0.1, 0.15) is 19.8 Å². The zero-order chi connectivity index (χ0) is 10.0. The molecule has 0 aromatic carbocycles. The Bertz CT molecular complexity index is 180. The molecule has 0 amide bonds. The van der Waals surface area contributed by atoms with E-state index in [4.69, 9.17) is 0 Å². The van der Waals surface area contributed by atoms with E-state index in [1.807, 2.05) is 0 Å². The third-order valence-electron chi connectivity index (χ3n) is 2.80. The van der Waals surface area contributed by atoms with Crippen molar-refractivity contribution in [1.82, 2.24) is 0 Å². The number of carbonyl (C=O) groups is 1. The molecule has 1 rings (SSSR count). The van der Waals surface area contributed by atoms with Crippen LogP contribution in [0.2, 0.25) is 0 Å². The molecule has 2 unspecified atom stereocenters. The number of ether oxygens (including phenoxy) is 1. The highest BCUT2D eigenvalue weighted by Gasteiger charge is 2.36. The van der Waals surface area contributed by atoms with Gasteiger partial charge in [-0.05, 0) is 12.8 Å². The lowest BCUT2D eigenvalue weighted by Gasteiger charge is -2.33. The second kappa shape index (κ2) is 4.07. The summed E-state index contributed by atoms with van der Waals surface area (Å²) in [6.07, 6.45) is -0.420. The minimum Gasteiger partial charge on any atom is -0.469 e. The van der Waals surface area contributed by atoms with Crippen molar-refractivity contribution in [3.63, 3.8) is 0 Å². The van der Waals surface area contributed by atoms with E-state index in [0.717, 1.165) is 0 Å². The number of aliphatic hydroxyl groups excluding tert-OH is 2. The molecule has 4 heteroatoms. The number of carbonyl (C=O) groups excluding carboxylic acids is 1. The molecule has 0 bridgehead atoms. The SMILES string of the molecule is COC(=O)C1CC(O)C(C)C(O)C1. The molecule has 0 radical (unpaired) electrons. The van der Waals surface area contributed by atoms with Crippen molar-refractivity contribution in [2.45, 2.75) is 32.0 Å². The monoisotopic (exact) mass is 188 g/mol. The standard InChI is InChI=1S/C9H16O4/c1-5-7(10)3-6(4-8(5)11)9(12)13-2/h5-8,10-11H,3-4H2,1-2H3. The fraction of sp³-hybridized carbons (Fsp3) is 0.889. The molecule has 2 atom stereocenters. The fourth-order valence-corrected chi connectivity index (χ4v) is 1.72. The lowest BCUT2D eigenvalue weighted by atomic mass is 9.79. The molecule has 0 aliphatic heterocycles. The van der Waals surface area contributed by atoms with Gasteiger partial charge in [0, 0.05) is 5.92 Å². The number of aliphatic hydroxyl groups is 2. The van der Waals surface area contributed by atoms with E-state index in [1.165, 1.54) is 7.11 Å². The Kier molecular flexibility index (Phi) is 3.27. The first-order valence-electron chi connectivity index (χ1n) is 4.50. The summed E-state index contributed by atoms with van der Waals surface area (Å²) < 4.78 is 4.56. The Morgan fingerprint density at radius 2 is 1.77 bits per heavy atom. The van der Waals surface area contributed by atoms with Crippen LogP contribution >= 0.6 is 0 Å². The van der Waals surface area contributed by atoms with Gasteiger partial charge in [-0.2, -0.15) is 0 Å². The van der Waals surface area contributed by atoms with E-state index in [0.29, 0.717) is 12.8 Å². The minimum absolute atomic E-state index is 0.152. The van der Waals surface area contributed by atoms with Crippen LogP contribution in [0.15, 0.2) is 0 Å². The van der Waals surface area contributed by atoms with Gasteiger partial charge >= 0.3 is 5.97 Å². The average Bonchev–Trinajstić information content (AvgIpc) is 2.12. The maximum absolute atomic E-state index is 11.1. The first-order valence-corrected chi connectivity index (χ1v) is 4.50. The van der Waals surface area contributed by atoms with Crippen LogP contribution in [0.4, 0.5) is 0 Å². The molecule has 0 saturated heterocycles. The van der Waals surface area contributed by atoms with Gasteiger partial charge in [-0.15, -0.1) is 0 Å². The molecule has 13 heavy (non-hydrogen) atoms. The summed E-state index contributed by atoms with van der Waals surface area (Å²) in [5, 5.41) is 19.0. The van der Waals surface area contributed by atoms with Crippen LogP contribution in [0, 0.1) is 11.8 Å². The van der Waals surface area contributed by atoms with Crippen LogP contribution in [0.25, 0.3) is 0 Å². The summed E-state index contributed by atoms with van der Waals surface area (Å²) >= 11 is 0. The van der Waals surface area contributed by atoms with E-state index in [1.54, 1.807) is 6.92 Å². The molecular weight excluding hydrogens is 172 g/mol. The number of rotatable bonds is 1. The van der Waals surface area contributed by atoms with Gasteiger partial charge in [0.15, 0.2) is 0 Å². The van der Waals surface area contributed by atoms with Gasteiger partial charge in [-0.25, -0.2) is 0 Å². The Morgan fingerprint density at radius 3 is 2.15 bits per heavy atom. The minimum atomic E-state index is -0.604. The predicted octanol–water partition coefficient (Wildman–Crippen LogP) is -0.0727. The van der Waals surface area contributed by atoms with Crippen molar-refractivity contribution in [1.29, 1.82) is 0 Å². The van der Waals surface area contributed by atoms with Crippen molar-refractivity contribution in [3.8, 4) is 0 Å². The van der Waals surface area contributed by atoms with E-state index in [-0.39, 0.29) is 17.8 Å². The van der Waals surface area contributed by atoms with Crippen LogP contribution in [-0.4, -0.2) is 35.5 Å². The normalized spacial score (nSPS) is 40.0. The molecule has 1 aliphatic carbocycles. The molecular formula is C9H16O4. The summed E-state index contributed by atoms with van der Waals surface area (Å²) in [5.41, 5.74) is 0. The summed E-state index contributed by atoms with van der Waals surface area (Å²) in [6.45, 7) is 1.78. The Labute approximate surface area is 77.5 Å². The molecule has 0 spiro atoms. The van der Waals surface area contributed by atoms with Gasteiger partial charge < -0.3 is 14.9 Å². The van der Waals surface area contributed by atoms with Gasteiger partial charge in [0.25, 0.3) is 0 Å². The smallest absolute Gasteiger partial charge is 0.308 e. The highest BCUT2D eigenvalue weighted by molar-refractivity contribution is 5.72. The van der Waals surface area contributed by atoms with Crippen molar-refractivity contribution < 1.29 is 19.7 Å². The molecule has 0 aromatic heterocycles. The molecule has 2 N–H and O–H groups in total. The molecule has 0 heterocycles. The van der Waals surface area contributed by atoms with E-state index < -0.39 is 12.2 Å². The maximum Gasteiger partial charge on any atom is 0.308 e. The van der Waals surface area contributed by atoms with Crippen LogP contribution in [-0.2, 0) is 9.53 Å². The maximum atomic E-state index is 11.1. The number of hydrogen-bond acceptors (Lipinski definition) is 4. The fourth-order valence-electron chi connectivity index (χ4n) is 1.72. The lowest BCUT2D eigenvalue weighted by molar-refractivity contribution is -0.152. The van der Waals surface area contributed by atoms with Crippen molar-refractivity contribution in [3.05, 3.63) is 0 Å². The average molecular weight is 188 g/mol. The largest absolute Gasteiger partial charge is 0.469 e. The Hall–Kier alpha value is -0.610. The summed E-state index contributed by atoms with van der Waals surface area (Å²) in [7, 11) is 1.32. The van der Waals surface area contributed by atoms with Crippen molar-refractivity contribution in [2.75, 3.05) is 7.11 Å². The van der Waals surface area contributed by atoms with E-state index in [9.17, 15) is 15.0 Å². The highest BCUT2D eigenvalue weighted by Crippen LogP contribution is 2.29. The van der Waals surface area contributed by atoms with Gasteiger partial charge in [-0.1, -0.05) is 6.92 Å². The summed E-state index contributed by atoms with van der Waals surface area (Å²) in [5.74, 6) is -0.850. The van der Waals surface area contributed by atoms with E-state index >= 15 is 0 Å². The molecule has 1 saturated carbocycles. The molecule has 76 valence electrons. The van der Waals surface area contributed by atoms with Crippen LogP contribution in [0.3, 0.4) is 0 Å². The third kappa shape index (κ3) is 2.19. The summed E-state index contributed by atoms with van der Waals surface area (Å²) in [4.78, 5) is 11.1. The topological polar surface area (TPSA) is 66.8 Å². The van der Waals surface area contributed by atoms with Crippen molar-refractivity contribution >= 4 is 5.97 Å². The molecule has 1 aliphatic rings. The predicted molar refractivity (Wildman–Crippen MR) is 45.9 cm³/mol. The first kappa shape index (κ1) is 10.5. The van der Waals surface area contributed by atoms with Gasteiger partial charge in [0.2, 0.25) is 0 Å². The second-order valence-corrected chi connectivity index (χ2v) is 3.69. The van der Waals surface area contributed by atoms with Crippen molar-refractivity contribution in [2.24, 2.45) is 11.8 Å². The van der Waals surface area contributed by atoms with Crippen LogP contribution in [0.5, 0.6) is 0 Å². The number of hydrogen-bond donors (Lipinski definition) is 2. The second-order valence-electron chi connectivity index (χ2n) is 3.69. The highest BCUT2D eigenvalue weighted by atomic mass is 16.5. The van der Waals surface area contributed by atoms with Gasteiger partial charge in [-0.3, -0.25) is 4.79 Å². The lowest BCUT2D eigenvalue weighted by Crippen LogP contribution is -2.40. The zero-order valence-electron chi connectivity index (χ0n) is 7.93. The molecule has 4 nitrogen and oxygen atoms in total. The zero-order valence-corrected chi connectivity index (χ0v) is 7.93.